The van der Waals surface area contributed by atoms with E-state index in [0.717, 1.165) is 43.6 Å². The minimum absolute atomic E-state index is 0.178. The Morgan fingerprint density at radius 1 is 1.37 bits per heavy atom. The van der Waals surface area contributed by atoms with Crippen molar-refractivity contribution < 1.29 is 9.90 Å². The second-order valence-electron chi connectivity index (χ2n) is 5.71. The monoisotopic (exact) mass is 279 g/mol. The van der Waals surface area contributed by atoms with E-state index in [0.29, 0.717) is 0 Å². The molecular weight excluding hydrogens is 258 g/mol. The fourth-order valence-corrected chi connectivity index (χ4v) is 4.37. The summed E-state index contributed by atoms with van der Waals surface area (Å²) in [6.07, 6.45) is 6.86. The van der Waals surface area contributed by atoms with Crippen LogP contribution < -0.4 is 0 Å². The van der Waals surface area contributed by atoms with Gasteiger partial charge in [0.2, 0.25) is 0 Å². The van der Waals surface area contributed by atoms with E-state index in [1.807, 2.05) is 4.90 Å². The molecule has 1 aromatic rings. The molecule has 1 atom stereocenters. The molecule has 1 unspecified atom stereocenters. The minimum atomic E-state index is 0.178. The van der Waals surface area contributed by atoms with E-state index >= 15 is 0 Å². The van der Waals surface area contributed by atoms with Crippen LogP contribution in [0.3, 0.4) is 0 Å². The summed E-state index contributed by atoms with van der Waals surface area (Å²) in [7, 11) is 0. The first-order valence-corrected chi connectivity index (χ1v) is 8.11. The largest absolute Gasteiger partial charge is 0.396 e. The Morgan fingerprint density at radius 2 is 2.21 bits per heavy atom. The van der Waals surface area contributed by atoms with Gasteiger partial charge in [-0.2, -0.15) is 0 Å². The van der Waals surface area contributed by atoms with Crippen LogP contribution in [0, 0.1) is 5.92 Å². The van der Waals surface area contributed by atoms with Gasteiger partial charge < -0.3 is 10.0 Å². The van der Waals surface area contributed by atoms with E-state index < -0.39 is 0 Å². The van der Waals surface area contributed by atoms with Crippen LogP contribution in [0.1, 0.15) is 45.8 Å². The van der Waals surface area contributed by atoms with Crippen molar-refractivity contribution in [2.75, 3.05) is 19.7 Å². The molecule has 1 aliphatic carbocycles. The van der Waals surface area contributed by atoms with Gasteiger partial charge in [-0.05, 0) is 56.1 Å². The third-order valence-electron chi connectivity index (χ3n) is 4.27. The number of hydrogen-bond donors (Lipinski definition) is 1. The van der Waals surface area contributed by atoms with E-state index in [1.54, 1.807) is 11.3 Å². The van der Waals surface area contributed by atoms with E-state index in [9.17, 15) is 9.90 Å². The minimum Gasteiger partial charge on any atom is -0.396 e. The molecule has 4 heteroatoms. The van der Waals surface area contributed by atoms with Crippen LogP contribution in [0.5, 0.6) is 0 Å². The SMILES string of the molecule is O=C(c1cc2c(s1)CCCC2)N1CCCC(CO)C1. The molecule has 104 valence electrons. The Hall–Kier alpha value is -0.870. The van der Waals surface area contributed by atoms with Gasteiger partial charge in [0.25, 0.3) is 5.91 Å². The fourth-order valence-electron chi connectivity index (χ4n) is 3.15. The molecule has 0 spiro atoms. The van der Waals surface area contributed by atoms with E-state index in [-0.39, 0.29) is 18.4 Å². The molecule has 0 bridgehead atoms. The maximum atomic E-state index is 12.5. The molecule has 1 aliphatic heterocycles. The van der Waals surface area contributed by atoms with Crippen molar-refractivity contribution in [3.63, 3.8) is 0 Å². The van der Waals surface area contributed by atoms with Gasteiger partial charge in [-0.3, -0.25) is 4.79 Å². The zero-order chi connectivity index (χ0) is 13.2. The zero-order valence-electron chi connectivity index (χ0n) is 11.2. The Kier molecular flexibility index (Phi) is 3.89. The lowest BCUT2D eigenvalue weighted by Gasteiger charge is -2.31. The quantitative estimate of drug-likeness (QED) is 0.903. The topological polar surface area (TPSA) is 40.5 Å². The maximum absolute atomic E-state index is 12.5. The summed E-state index contributed by atoms with van der Waals surface area (Å²) in [5.74, 6) is 0.449. The van der Waals surface area contributed by atoms with E-state index in [1.165, 1.54) is 23.3 Å². The molecule has 1 N–H and O–H groups in total. The summed E-state index contributed by atoms with van der Waals surface area (Å²) in [6, 6.07) is 2.12. The predicted molar refractivity (Wildman–Crippen MR) is 76.7 cm³/mol. The van der Waals surface area contributed by atoms with Crippen molar-refractivity contribution >= 4 is 17.2 Å². The van der Waals surface area contributed by atoms with E-state index in [4.69, 9.17) is 0 Å². The first-order valence-electron chi connectivity index (χ1n) is 7.29. The van der Waals surface area contributed by atoms with E-state index in [2.05, 4.69) is 6.07 Å². The standard InChI is InChI=1S/C15H21NO2S/c17-10-11-4-3-7-16(9-11)15(18)14-8-12-5-1-2-6-13(12)19-14/h8,11,17H,1-7,9-10H2. The Bertz CT molecular complexity index is 445. The van der Waals surface area contributed by atoms with Crippen molar-refractivity contribution in [1.82, 2.24) is 4.90 Å². The predicted octanol–water partition coefficient (Wildman–Crippen LogP) is 2.47. The third kappa shape index (κ3) is 2.70. The molecule has 2 heterocycles. The first kappa shape index (κ1) is 13.1. The molecule has 0 aromatic carbocycles. The molecule has 1 amide bonds. The average molecular weight is 279 g/mol. The first-order chi connectivity index (χ1) is 9.28. The summed E-state index contributed by atoms with van der Waals surface area (Å²) in [6.45, 7) is 1.76. The van der Waals surface area contributed by atoms with Gasteiger partial charge >= 0.3 is 0 Å². The average Bonchev–Trinajstić information content (AvgIpc) is 2.90. The van der Waals surface area contributed by atoms with Gasteiger partial charge in [-0.25, -0.2) is 0 Å². The van der Waals surface area contributed by atoms with Gasteiger partial charge in [0.05, 0.1) is 4.88 Å². The number of thiophene rings is 1. The van der Waals surface area contributed by atoms with Gasteiger partial charge in [0.15, 0.2) is 0 Å². The maximum Gasteiger partial charge on any atom is 0.263 e. The Labute approximate surface area is 118 Å². The highest BCUT2D eigenvalue weighted by Crippen LogP contribution is 2.31. The molecule has 0 saturated carbocycles. The van der Waals surface area contributed by atoms with Crippen molar-refractivity contribution in [2.45, 2.75) is 38.5 Å². The van der Waals surface area contributed by atoms with Gasteiger partial charge in [-0.15, -0.1) is 11.3 Å². The molecule has 3 rings (SSSR count). The Balaban J connectivity index is 1.74. The molecule has 1 saturated heterocycles. The smallest absolute Gasteiger partial charge is 0.263 e. The number of piperidine rings is 1. The molecule has 3 nitrogen and oxygen atoms in total. The van der Waals surface area contributed by atoms with Crippen LogP contribution in [0.2, 0.25) is 0 Å². The number of amides is 1. The number of fused-ring (bicyclic) bond motifs is 1. The Morgan fingerprint density at radius 3 is 3.00 bits per heavy atom. The number of nitrogens with zero attached hydrogens (tertiary/aromatic N) is 1. The number of carbonyl (C=O) groups is 1. The van der Waals surface area contributed by atoms with Gasteiger partial charge in [-0.1, -0.05) is 0 Å². The van der Waals surface area contributed by atoms with Crippen LogP contribution in [-0.2, 0) is 12.8 Å². The molecule has 1 fully saturated rings. The molecular formula is C15H21NO2S. The lowest BCUT2D eigenvalue weighted by molar-refractivity contribution is 0.0625. The van der Waals surface area contributed by atoms with Gasteiger partial charge in [0.1, 0.15) is 0 Å². The van der Waals surface area contributed by atoms with Crippen LogP contribution in [0.25, 0.3) is 0 Å². The normalized spacial score (nSPS) is 23.2. The summed E-state index contributed by atoms with van der Waals surface area (Å²) in [5, 5.41) is 9.26. The number of hydrogen-bond acceptors (Lipinski definition) is 3. The lowest BCUT2D eigenvalue weighted by Crippen LogP contribution is -2.40. The summed E-state index contributed by atoms with van der Waals surface area (Å²) < 4.78 is 0. The second-order valence-corrected chi connectivity index (χ2v) is 6.84. The highest BCUT2D eigenvalue weighted by molar-refractivity contribution is 7.14. The van der Waals surface area contributed by atoms with Crippen molar-refractivity contribution in [2.24, 2.45) is 5.92 Å². The van der Waals surface area contributed by atoms with Crippen LogP contribution in [0.4, 0.5) is 0 Å². The van der Waals surface area contributed by atoms with Crippen molar-refractivity contribution in [3.8, 4) is 0 Å². The zero-order valence-corrected chi connectivity index (χ0v) is 12.0. The summed E-state index contributed by atoms with van der Waals surface area (Å²) >= 11 is 1.69. The number of likely N-dealkylation sites (tertiary alicyclic amines) is 1. The third-order valence-corrected chi connectivity index (χ3v) is 5.50. The molecule has 1 aromatic heterocycles. The lowest BCUT2D eigenvalue weighted by atomic mass is 9.98. The van der Waals surface area contributed by atoms with Crippen LogP contribution >= 0.6 is 11.3 Å². The van der Waals surface area contributed by atoms with Crippen molar-refractivity contribution in [1.29, 1.82) is 0 Å². The number of rotatable bonds is 2. The summed E-state index contributed by atoms with van der Waals surface area (Å²) in [5.41, 5.74) is 1.40. The number of aliphatic hydroxyl groups excluding tert-OH is 1. The van der Waals surface area contributed by atoms with Gasteiger partial charge in [0, 0.05) is 24.6 Å². The van der Waals surface area contributed by atoms with Crippen LogP contribution in [-0.4, -0.2) is 35.6 Å². The number of aryl methyl sites for hydroxylation is 2. The molecule has 2 aliphatic rings. The highest BCUT2D eigenvalue weighted by atomic mass is 32.1. The summed E-state index contributed by atoms with van der Waals surface area (Å²) in [4.78, 5) is 16.8. The molecule has 0 radical (unpaired) electrons. The molecule has 19 heavy (non-hydrogen) atoms. The highest BCUT2D eigenvalue weighted by Gasteiger charge is 2.26. The van der Waals surface area contributed by atoms with Crippen molar-refractivity contribution in [3.05, 3.63) is 21.4 Å². The second kappa shape index (κ2) is 5.63. The number of carbonyl (C=O) groups excluding carboxylic acids is 1. The fraction of sp³-hybridized carbons (Fsp3) is 0.667. The van der Waals surface area contributed by atoms with Crippen LogP contribution in [0.15, 0.2) is 6.07 Å². The number of aliphatic hydroxyl groups is 1.